The molecule has 0 bridgehead atoms. The third-order valence-corrected chi connectivity index (χ3v) is 2.87. The predicted octanol–water partition coefficient (Wildman–Crippen LogP) is 3.77. The maximum Gasteiger partial charge on any atom is 0.0194 e. The molecule has 0 aliphatic heterocycles. The second-order valence-corrected chi connectivity index (χ2v) is 5.27. The van der Waals surface area contributed by atoms with Crippen molar-refractivity contribution in [1.82, 2.24) is 4.90 Å². The lowest BCUT2D eigenvalue weighted by molar-refractivity contribution is 0.315. The van der Waals surface area contributed by atoms with Crippen LogP contribution < -0.4 is 0 Å². The van der Waals surface area contributed by atoms with Crippen LogP contribution in [0, 0.1) is 17.8 Å². The fourth-order valence-electron chi connectivity index (χ4n) is 1.44. The first-order valence-corrected chi connectivity index (χ1v) is 5.73. The van der Waals surface area contributed by atoms with Crippen LogP contribution in [0.15, 0.2) is 12.3 Å². The Bertz CT molecular complexity index is 170. The highest BCUT2D eigenvalue weighted by molar-refractivity contribution is 4.94. The maximum absolute atomic E-state index is 4.16. The van der Waals surface area contributed by atoms with Crippen molar-refractivity contribution in [2.24, 2.45) is 17.8 Å². The maximum atomic E-state index is 4.16. The molecule has 0 heterocycles. The molecular formula is C13H27N. The summed E-state index contributed by atoms with van der Waals surface area (Å²) in [5.74, 6) is 2.20. The standard InChI is InChI=1S/C13H27N/c1-10(2)9-14(7)13(6)8-12(5)11(3)4/h10-12H,6,8-9H2,1-5,7H3. The van der Waals surface area contributed by atoms with Crippen LogP contribution in [0.2, 0.25) is 0 Å². The van der Waals surface area contributed by atoms with E-state index in [-0.39, 0.29) is 0 Å². The molecule has 1 heteroatoms. The number of rotatable bonds is 6. The largest absolute Gasteiger partial charge is 0.378 e. The highest BCUT2D eigenvalue weighted by atomic mass is 15.1. The van der Waals surface area contributed by atoms with E-state index in [4.69, 9.17) is 0 Å². The molecular weight excluding hydrogens is 170 g/mol. The fourth-order valence-corrected chi connectivity index (χ4v) is 1.44. The van der Waals surface area contributed by atoms with Gasteiger partial charge in [0.25, 0.3) is 0 Å². The molecule has 0 saturated heterocycles. The van der Waals surface area contributed by atoms with Gasteiger partial charge in [-0.2, -0.15) is 0 Å². The summed E-state index contributed by atoms with van der Waals surface area (Å²) < 4.78 is 0. The van der Waals surface area contributed by atoms with Crippen LogP contribution in [0.3, 0.4) is 0 Å². The van der Waals surface area contributed by atoms with E-state index >= 15 is 0 Å². The Morgan fingerprint density at radius 1 is 1.14 bits per heavy atom. The Kier molecular flexibility index (Phi) is 5.90. The first-order chi connectivity index (χ1) is 6.34. The molecule has 0 amide bonds. The average molecular weight is 197 g/mol. The topological polar surface area (TPSA) is 3.24 Å². The summed E-state index contributed by atoms with van der Waals surface area (Å²) in [5.41, 5.74) is 1.28. The number of hydrogen-bond acceptors (Lipinski definition) is 1. The van der Waals surface area contributed by atoms with Crippen molar-refractivity contribution in [2.75, 3.05) is 13.6 Å². The van der Waals surface area contributed by atoms with E-state index in [1.54, 1.807) is 0 Å². The SMILES string of the molecule is C=C(CC(C)C(C)C)N(C)CC(C)C. The molecule has 0 aliphatic rings. The second-order valence-electron chi connectivity index (χ2n) is 5.27. The van der Waals surface area contributed by atoms with E-state index in [1.165, 1.54) is 5.70 Å². The summed E-state index contributed by atoms with van der Waals surface area (Å²) in [6.07, 6.45) is 1.13. The van der Waals surface area contributed by atoms with Crippen molar-refractivity contribution in [2.45, 2.75) is 41.0 Å². The molecule has 0 aromatic heterocycles. The van der Waals surface area contributed by atoms with E-state index in [2.05, 4.69) is 53.1 Å². The van der Waals surface area contributed by atoms with Gasteiger partial charge in [0.05, 0.1) is 0 Å². The van der Waals surface area contributed by atoms with E-state index < -0.39 is 0 Å². The monoisotopic (exact) mass is 197 g/mol. The van der Waals surface area contributed by atoms with Gasteiger partial charge in [-0.25, -0.2) is 0 Å². The van der Waals surface area contributed by atoms with E-state index in [1.807, 2.05) is 0 Å². The van der Waals surface area contributed by atoms with Crippen LogP contribution in [0.5, 0.6) is 0 Å². The molecule has 0 aliphatic carbocycles. The van der Waals surface area contributed by atoms with Crippen molar-refractivity contribution >= 4 is 0 Å². The lowest BCUT2D eigenvalue weighted by atomic mass is 9.93. The highest BCUT2D eigenvalue weighted by Gasteiger charge is 2.11. The molecule has 0 fully saturated rings. The van der Waals surface area contributed by atoms with Crippen LogP contribution >= 0.6 is 0 Å². The van der Waals surface area contributed by atoms with Gasteiger partial charge in [-0.1, -0.05) is 41.2 Å². The molecule has 0 rings (SSSR count). The van der Waals surface area contributed by atoms with Crippen LogP contribution in [-0.4, -0.2) is 18.5 Å². The Hall–Kier alpha value is -0.460. The quantitative estimate of drug-likeness (QED) is 0.626. The number of allylic oxidation sites excluding steroid dienone is 1. The third-order valence-electron chi connectivity index (χ3n) is 2.87. The minimum Gasteiger partial charge on any atom is -0.378 e. The van der Waals surface area contributed by atoms with Crippen molar-refractivity contribution < 1.29 is 0 Å². The minimum atomic E-state index is 0.714. The summed E-state index contributed by atoms with van der Waals surface area (Å²) in [7, 11) is 2.15. The molecule has 14 heavy (non-hydrogen) atoms. The van der Waals surface area contributed by atoms with Gasteiger partial charge in [0, 0.05) is 19.3 Å². The molecule has 0 aromatic carbocycles. The number of nitrogens with zero attached hydrogens (tertiary/aromatic N) is 1. The first kappa shape index (κ1) is 13.5. The van der Waals surface area contributed by atoms with E-state index in [0.29, 0.717) is 5.92 Å². The van der Waals surface area contributed by atoms with Gasteiger partial charge < -0.3 is 4.90 Å². The van der Waals surface area contributed by atoms with Crippen LogP contribution in [0.1, 0.15) is 41.0 Å². The zero-order chi connectivity index (χ0) is 11.3. The lowest BCUT2D eigenvalue weighted by Crippen LogP contribution is -2.23. The minimum absolute atomic E-state index is 0.714. The molecule has 84 valence electrons. The lowest BCUT2D eigenvalue weighted by Gasteiger charge is -2.26. The zero-order valence-corrected chi connectivity index (χ0v) is 10.8. The van der Waals surface area contributed by atoms with Crippen LogP contribution in [-0.2, 0) is 0 Å². The molecule has 0 radical (unpaired) electrons. The summed E-state index contributed by atoms with van der Waals surface area (Å²) in [6.45, 7) is 16.6. The third kappa shape index (κ3) is 5.31. The molecule has 0 N–H and O–H groups in total. The molecule has 0 spiro atoms. The van der Waals surface area contributed by atoms with Gasteiger partial charge in [0.1, 0.15) is 0 Å². The molecule has 1 nitrogen and oxygen atoms in total. The molecule has 1 unspecified atom stereocenters. The van der Waals surface area contributed by atoms with Gasteiger partial charge in [0.2, 0.25) is 0 Å². The Labute approximate surface area is 90.2 Å². The summed E-state index contributed by atoms with van der Waals surface area (Å²) in [4.78, 5) is 2.30. The Morgan fingerprint density at radius 2 is 1.64 bits per heavy atom. The number of hydrogen-bond donors (Lipinski definition) is 0. The normalized spacial score (nSPS) is 13.4. The Morgan fingerprint density at radius 3 is 2.00 bits per heavy atom. The van der Waals surface area contributed by atoms with E-state index in [0.717, 1.165) is 24.8 Å². The predicted molar refractivity (Wildman–Crippen MR) is 65.2 cm³/mol. The Balaban J connectivity index is 3.95. The van der Waals surface area contributed by atoms with Gasteiger partial charge in [0.15, 0.2) is 0 Å². The van der Waals surface area contributed by atoms with Crippen molar-refractivity contribution in [3.8, 4) is 0 Å². The zero-order valence-electron chi connectivity index (χ0n) is 10.8. The van der Waals surface area contributed by atoms with Crippen LogP contribution in [0.25, 0.3) is 0 Å². The second kappa shape index (κ2) is 6.10. The van der Waals surface area contributed by atoms with Crippen molar-refractivity contribution in [3.63, 3.8) is 0 Å². The first-order valence-electron chi connectivity index (χ1n) is 5.73. The average Bonchev–Trinajstić information content (AvgIpc) is 2.02. The van der Waals surface area contributed by atoms with Gasteiger partial charge in [-0.15, -0.1) is 0 Å². The van der Waals surface area contributed by atoms with Gasteiger partial charge >= 0.3 is 0 Å². The summed E-state index contributed by atoms with van der Waals surface area (Å²) in [5, 5.41) is 0. The molecule has 1 atom stereocenters. The summed E-state index contributed by atoms with van der Waals surface area (Å²) in [6, 6.07) is 0. The smallest absolute Gasteiger partial charge is 0.0194 e. The fraction of sp³-hybridized carbons (Fsp3) is 0.846. The van der Waals surface area contributed by atoms with Crippen molar-refractivity contribution in [3.05, 3.63) is 12.3 Å². The van der Waals surface area contributed by atoms with Gasteiger partial charge in [-0.05, 0) is 24.2 Å². The van der Waals surface area contributed by atoms with Crippen molar-refractivity contribution in [1.29, 1.82) is 0 Å². The highest BCUT2D eigenvalue weighted by Crippen LogP contribution is 2.20. The van der Waals surface area contributed by atoms with Crippen LogP contribution in [0.4, 0.5) is 0 Å². The molecule has 0 aromatic rings. The van der Waals surface area contributed by atoms with Gasteiger partial charge in [-0.3, -0.25) is 0 Å². The summed E-state index contributed by atoms with van der Waals surface area (Å²) >= 11 is 0. The molecule has 0 saturated carbocycles. The van der Waals surface area contributed by atoms with E-state index in [9.17, 15) is 0 Å².